The number of rotatable bonds is 1. The van der Waals surface area contributed by atoms with Crippen LogP contribution in [0.4, 0.5) is 5.82 Å². The molecule has 4 rings (SSSR count). The number of hydrogen-bond acceptors (Lipinski definition) is 6. The molecule has 2 atom stereocenters. The molecule has 0 saturated carbocycles. The predicted molar refractivity (Wildman–Crippen MR) is 65.3 cm³/mol. The quantitative estimate of drug-likeness (QED) is 0.744. The molecule has 2 fully saturated rings. The van der Waals surface area contributed by atoms with Crippen molar-refractivity contribution in [3.8, 4) is 0 Å². The normalized spacial score (nSPS) is 27.7. The Morgan fingerprint density at radius 2 is 2.28 bits per heavy atom. The number of aromatic nitrogens is 5. The summed E-state index contributed by atoms with van der Waals surface area (Å²) in [5, 5.41) is 19.4. The molecule has 2 aromatic rings. The van der Waals surface area contributed by atoms with Gasteiger partial charge in [0.25, 0.3) is 0 Å². The van der Waals surface area contributed by atoms with E-state index in [0.29, 0.717) is 11.7 Å². The molecule has 0 unspecified atom stereocenters. The van der Waals surface area contributed by atoms with Crippen LogP contribution in [0.25, 0.3) is 5.65 Å². The summed E-state index contributed by atoms with van der Waals surface area (Å²) in [4.78, 5) is 2.33. The summed E-state index contributed by atoms with van der Waals surface area (Å²) >= 11 is 0. The Labute approximate surface area is 104 Å². The monoisotopic (exact) mass is 245 g/mol. The molecule has 94 valence electrons. The molecular weight excluding hydrogens is 230 g/mol. The fourth-order valence-electron chi connectivity index (χ4n) is 3.04. The van der Waals surface area contributed by atoms with Crippen molar-refractivity contribution in [2.45, 2.75) is 18.9 Å². The molecule has 7 heteroatoms. The molecule has 0 amide bonds. The molecule has 0 spiro atoms. The van der Waals surface area contributed by atoms with Crippen LogP contribution < -0.4 is 10.2 Å². The lowest BCUT2D eigenvalue weighted by molar-refractivity contribution is 0.340. The van der Waals surface area contributed by atoms with Crippen LogP contribution in [0.2, 0.25) is 0 Å². The lowest BCUT2D eigenvalue weighted by Crippen LogP contribution is -2.40. The van der Waals surface area contributed by atoms with E-state index in [1.54, 1.807) is 0 Å². The highest BCUT2D eigenvalue weighted by molar-refractivity contribution is 5.45. The van der Waals surface area contributed by atoms with Crippen molar-refractivity contribution >= 4 is 11.5 Å². The Kier molecular flexibility index (Phi) is 2.19. The zero-order valence-electron chi connectivity index (χ0n) is 10.0. The number of anilines is 1. The number of nitrogens with zero attached hydrogens (tertiary/aromatic N) is 6. The van der Waals surface area contributed by atoms with E-state index in [1.165, 1.54) is 17.5 Å². The van der Waals surface area contributed by atoms with E-state index in [0.717, 1.165) is 31.4 Å². The molecule has 0 radical (unpaired) electrons. The number of hydrogen-bond donors (Lipinski definition) is 1. The minimum Gasteiger partial charge on any atom is -0.353 e. The zero-order chi connectivity index (χ0) is 11.9. The third-order valence-corrected chi connectivity index (χ3v) is 3.98. The van der Waals surface area contributed by atoms with Crippen LogP contribution >= 0.6 is 0 Å². The van der Waals surface area contributed by atoms with Crippen molar-refractivity contribution in [3.05, 3.63) is 12.1 Å². The first-order valence-electron chi connectivity index (χ1n) is 6.44. The highest BCUT2D eigenvalue weighted by Gasteiger charge is 2.34. The van der Waals surface area contributed by atoms with Crippen LogP contribution in [0.3, 0.4) is 0 Å². The van der Waals surface area contributed by atoms with Crippen LogP contribution in [0.15, 0.2) is 12.1 Å². The maximum absolute atomic E-state index is 4.45. The summed E-state index contributed by atoms with van der Waals surface area (Å²) < 4.78 is 1.49. The van der Waals surface area contributed by atoms with Gasteiger partial charge in [0.2, 0.25) is 0 Å². The fourth-order valence-corrected chi connectivity index (χ4v) is 3.04. The average Bonchev–Trinajstić information content (AvgIpc) is 3.04. The van der Waals surface area contributed by atoms with Crippen LogP contribution in [0.5, 0.6) is 0 Å². The summed E-state index contributed by atoms with van der Waals surface area (Å²) in [5.74, 6) is 1.72. The molecule has 7 nitrogen and oxygen atoms in total. The van der Waals surface area contributed by atoms with Gasteiger partial charge in [-0.1, -0.05) is 0 Å². The largest absolute Gasteiger partial charge is 0.353 e. The molecule has 0 aromatic carbocycles. The van der Waals surface area contributed by atoms with E-state index in [9.17, 15) is 0 Å². The van der Waals surface area contributed by atoms with Crippen LogP contribution in [-0.2, 0) is 0 Å². The highest BCUT2D eigenvalue weighted by Crippen LogP contribution is 2.27. The standard InChI is InChI=1S/C11H15N7/c1-2-8-6-17(7-9(8)12-5-1)11-4-3-10-13-15-16-18(10)14-11/h3-4,8-9,12H,1-2,5-7H2/t8-,9+/m0/s1. The first-order chi connectivity index (χ1) is 8.90. The Hall–Kier alpha value is -1.76. The Morgan fingerprint density at radius 3 is 3.22 bits per heavy atom. The number of tetrazole rings is 1. The third kappa shape index (κ3) is 1.54. The van der Waals surface area contributed by atoms with E-state index in [-0.39, 0.29) is 0 Å². The molecule has 2 saturated heterocycles. The minimum absolute atomic E-state index is 0.616. The molecule has 0 bridgehead atoms. The molecule has 2 aromatic heterocycles. The summed E-state index contributed by atoms with van der Waals surface area (Å²) in [5.41, 5.74) is 0.688. The lowest BCUT2D eigenvalue weighted by Gasteiger charge is -2.24. The van der Waals surface area contributed by atoms with Crippen molar-refractivity contribution < 1.29 is 0 Å². The maximum Gasteiger partial charge on any atom is 0.200 e. The summed E-state index contributed by atoms with van der Waals surface area (Å²) in [6, 6.07) is 4.53. The van der Waals surface area contributed by atoms with Crippen molar-refractivity contribution in [3.63, 3.8) is 0 Å². The van der Waals surface area contributed by atoms with Gasteiger partial charge in [-0.2, -0.15) is 0 Å². The fraction of sp³-hybridized carbons (Fsp3) is 0.636. The molecule has 0 aliphatic carbocycles. The highest BCUT2D eigenvalue weighted by atomic mass is 15.6. The van der Waals surface area contributed by atoms with Gasteiger partial charge in [0, 0.05) is 19.1 Å². The van der Waals surface area contributed by atoms with E-state index in [4.69, 9.17) is 0 Å². The Morgan fingerprint density at radius 1 is 1.28 bits per heavy atom. The van der Waals surface area contributed by atoms with Gasteiger partial charge in [0.05, 0.1) is 0 Å². The first kappa shape index (κ1) is 10.2. The number of nitrogens with one attached hydrogen (secondary N) is 1. The van der Waals surface area contributed by atoms with Gasteiger partial charge < -0.3 is 10.2 Å². The number of piperidine rings is 1. The van der Waals surface area contributed by atoms with Crippen molar-refractivity contribution in [1.29, 1.82) is 0 Å². The Bertz CT molecular complexity index is 551. The van der Waals surface area contributed by atoms with Gasteiger partial charge in [-0.25, -0.2) is 0 Å². The van der Waals surface area contributed by atoms with Crippen LogP contribution in [0, 0.1) is 5.92 Å². The van der Waals surface area contributed by atoms with Gasteiger partial charge in [0.1, 0.15) is 0 Å². The SMILES string of the molecule is c1cc2nnnn2nc1N1C[C@@H]2CCCN[C@@H]2C1. The molecule has 2 aliphatic heterocycles. The second kappa shape index (κ2) is 3.88. The second-order valence-corrected chi connectivity index (χ2v) is 5.09. The molecule has 18 heavy (non-hydrogen) atoms. The predicted octanol–water partition coefficient (Wildman–Crippen LogP) is -0.293. The van der Waals surface area contributed by atoms with Gasteiger partial charge in [0.15, 0.2) is 11.5 Å². The minimum atomic E-state index is 0.616. The lowest BCUT2D eigenvalue weighted by atomic mass is 9.94. The molecule has 2 aliphatic rings. The van der Waals surface area contributed by atoms with E-state index < -0.39 is 0 Å². The number of fused-ring (bicyclic) bond motifs is 2. The van der Waals surface area contributed by atoms with E-state index in [1.807, 2.05) is 12.1 Å². The van der Waals surface area contributed by atoms with Crippen molar-refractivity contribution in [2.75, 3.05) is 24.5 Å². The van der Waals surface area contributed by atoms with Crippen molar-refractivity contribution in [1.82, 2.24) is 30.6 Å². The summed E-state index contributed by atoms with van der Waals surface area (Å²) in [7, 11) is 0. The average molecular weight is 245 g/mol. The van der Waals surface area contributed by atoms with Gasteiger partial charge in [-0.15, -0.1) is 14.8 Å². The Balaban J connectivity index is 1.62. The topological polar surface area (TPSA) is 71.2 Å². The molecular formula is C11H15N7. The summed E-state index contributed by atoms with van der Waals surface area (Å²) in [6.45, 7) is 3.26. The van der Waals surface area contributed by atoms with Gasteiger partial charge >= 0.3 is 0 Å². The molecule has 4 heterocycles. The second-order valence-electron chi connectivity index (χ2n) is 5.09. The summed E-state index contributed by atoms with van der Waals surface area (Å²) in [6.07, 6.45) is 2.61. The van der Waals surface area contributed by atoms with E-state index >= 15 is 0 Å². The first-order valence-corrected chi connectivity index (χ1v) is 6.44. The molecule has 1 N–H and O–H groups in total. The smallest absolute Gasteiger partial charge is 0.200 e. The van der Waals surface area contributed by atoms with Gasteiger partial charge in [-0.3, -0.25) is 0 Å². The third-order valence-electron chi connectivity index (χ3n) is 3.98. The van der Waals surface area contributed by atoms with Gasteiger partial charge in [-0.05, 0) is 47.9 Å². The zero-order valence-corrected chi connectivity index (χ0v) is 10.0. The van der Waals surface area contributed by atoms with Crippen LogP contribution in [-0.4, -0.2) is 50.9 Å². The van der Waals surface area contributed by atoms with Crippen molar-refractivity contribution in [2.24, 2.45) is 5.92 Å². The maximum atomic E-state index is 4.45. The van der Waals surface area contributed by atoms with E-state index in [2.05, 4.69) is 30.8 Å². The van der Waals surface area contributed by atoms with Crippen LogP contribution in [0.1, 0.15) is 12.8 Å².